The van der Waals surface area contributed by atoms with Gasteiger partial charge in [-0.15, -0.1) is 21.5 Å². The minimum atomic E-state index is -0.0429. The van der Waals surface area contributed by atoms with E-state index >= 15 is 0 Å². The topological polar surface area (TPSA) is 68.5 Å². The number of aromatic nitrogens is 2. The third-order valence-electron chi connectivity index (χ3n) is 4.60. The number of carbonyl (C=O) groups excluding carboxylic acids is 1. The third kappa shape index (κ3) is 5.34. The van der Waals surface area contributed by atoms with Gasteiger partial charge in [0.1, 0.15) is 5.75 Å². The first-order chi connectivity index (χ1) is 15.1. The molecule has 6 nitrogen and oxygen atoms in total. The Morgan fingerprint density at radius 1 is 1.10 bits per heavy atom. The van der Waals surface area contributed by atoms with E-state index in [1.165, 1.54) is 11.8 Å². The van der Waals surface area contributed by atoms with E-state index < -0.39 is 0 Å². The van der Waals surface area contributed by atoms with Gasteiger partial charge in [0.15, 0.2) is 0 Å². The monoisotopic (exact) mass is 451 g/mol. The van der Waals surface area contributed by atoms with E-state index in [1.807, 2.05) is 73.0 Å². The molecule has 0 aliphatic carbocycles. The summed E-state index contributed by atoms with van der Waals surface area (Å²) in [5, 5.41) is 10.6. The van der Waals surface area contributed by atoms with Crippen molar-refractivity contribution in [3.05, 3.63) is 76.5 Å². The fourth-order valence-electron chi connectivity index (χ4n) is 2.93. The Kier molecular flexibility index (Phi) is 6.69. The van der Waals surface area contributed by atoms with Gasteiger partial charge < -0.3 is 14.1 Å². The van der Waals surface area contributed by atoms with E-state index in [1.54, 1.807) is 23.3 Å². The molecular weight excluding hydrogens is 430 g/mol. The molecule has 0 spiro atoms. The van der Waals surface area contributed by atoms with Crippen LogP contribution in [0.5, 0.6) is 5.75 Å². The molecular formula is C23H21N3O3S2. The average Bonchev–Trinajstić information content (AvgIpc) is 3.49. The summed E-state index contributed by atoms with van der Waals surface area (Å²) in [7, 11) is 1.62. The summed E-state index contributed by atoms with van der Waals surface area (Å²) in [6.07, 6.45) is 0. The maximum Gasteiger partial charge on any atom is 0.277 e. The van der Waals surface area contributed by atoms with Crippen LogP contribution >= 0.6 is 23.1 Å². The maximum atomic E-state index is 13.1. The van der Waals surface area contributed by atoms with E-state index in [-0.39, 0.29) is 11.7 Å². The standard InChI is InChI=1S/C23H21N3O3S2/c1-16-5-7-17(8-6-16)22-24-25-23(29-22)31-15-21(27)26(14-20-4-3-13-30-20)18-9-11-19(28-2)12-10-18/h3-13H,14-15H2,1-2H3. The van der Waals surface area contributed by atoms with Crippen molar-refractivity contribution in [2.24, 2.45) is 0 Å². The van der Waals surface area contributed by atoms with Gasteiger partial charge in [-0.3, -0.25) is 4.79 Å². The molecule has 0 saturated carbocycles. The predicted octanol–water partition coefficient (Wildman–Crippen LogP) is 5.44. The third-order valence-corrected chi connectivity index (χ3v) is 6.27. The number of anilines is 1. The van der Waals surface area contributed by atoms with Gasteiger partial charge in [0.05, 0.1) is 19.4 Å². The fraction of sp³-hybridized carbons (Fsp3) is 0.174. The highest BCUT2D eigenvalue weighted by Gasteiger charge is 2.19. The van der Waals surface area contributed by atoms with Crippen LogP contribution in [0.25, 0.3) is 11.5 Å². The largest absolute Gasteiger partial charge is 0.497 e. The molecule has 0 saturated heterocycles. The second-order valence-electron chi connectivity index (χ2n) is 6.79. The van der Waals surface area contributed by atoms with E-state index in [0.29, 0.717) is 17.7 Å². The molecule has 0 atom stereocenters. The lowest BCUT2D eigenvalue weighted by Gasteiger charge is -2.22. The van der Waals surface area contributed by atoms with Crippen LogP contribution in [-0.2, 0) is 11.3 Å². The first-order valence-corrected chi connectivity index (χ1v) is 11.5. The van der Waals surface area contributed by atoms with E-state index in [0.717, 1.165) is 27.4 Å². The van der Waals surface area contributed by atoms with Crippen LogP contribution in [0.3, 0.4) is 0 Å². The van der Waals surface area contributed by atoms with Crippen molar-refractivity contribution in [2.45, 2.75) is 18.7 Å². The molecule has 0 fully saturated rings. The van der Waals surface area contributed by atoms with Crippen molar-refractivity contribution in [3.63, 3.8) is 0 Å². The van der Waals surface area contributed by atoms with Gasteiger partial charge in [0.2, 0.25) is 11.8 Å². The molecule has 0 bridgehead atoms. The Hall–Kier alpha value is -3.10. The summed E-state index contributed by atoms with van der Waals surface area (Å²) in [5.74, 6) is 1.34. The van der Waals surface area contributed by atoms with Gasteiger partial charge in [-0.2, -0.15) is 0 Å². The van der Waals surface area contributed by atoms with Crippen molar-refractivity contribution in [2.75, 3.05) is 17.8 Å². The highest BCUT2D eigenvalue weighted by atomic mass is 32.2. The molecule has 0 N–H and O–H groups in total. The minimum absolute atomic E-state index is 0.0429. The van der Waals surface area contributed by atoms with Crippen LogP contribution in [-0.4, -0.2) is 29.0 Å². The van der Waals surface area contributed by atoms with Crippen molar-refractivity contribution in [1.29, 1.82) is 0 Å². The summed E-state index contributed by atoms with van der Waals surface area (Å²) in [6.45, 7) is 2.52. The molecule has 2 aromatic carbocycles. The number of benzene rings is 2. The van der Waals surface area contributed by atoms with Gasteiger partial charge in [-0.05, 0) is 54.8 Å². The Morgan fingerprint density at radius 2 is 1.87 bits per heavy atom. The Balaban J connectivity index is 1.46. The van der Waals surface area contributed by atoms with E-state index in [9.17, 15) is 4.79 Å². The zero-order valence-electron chi connectivity index (χ0n) is 17.1. The molecule has 0 aliphatic rings. The average molecular weight is 452 g/mol. The van der Waals surface area contributed by atoms with Crippen LogP contribution in [0.15, 0.2) is 75.7 Å². The SMILES string of the molecule is COc1ccc(N(Cc2cccs2)C(=O)CSc2nnc(-c3ccc(C)cc3)o2)cc1. The number of rotatable bonds is 8. The maximum absolute atomic E-state index is 13.1. The number of aryl methyl sites for hydroxylation is 1. The van der Waals surface area contributed by atoms with Crippen molar-refractivity contribution in [3.8, 4) is 17.2 Å². The molecule has 0 unspecified atom stereocenters. The number of thioether (sulfide) groups is 1. The smallest absolute Gasteiger partial charge is 0.277 e. The normalized spacial score (nSPS) is 10.8. The predicted molar refractivity (Wildman–Crippen MR) is 124 cm³/mol. The minimum Gasteiger partial charge on any atom is -0.497 e. The lowest BCUT2D eigenvalue weighted by atomic mass is 10.1. The van der Waals surface area contributed by atoms with E-state index in [4.69, 9.17) is 9.15 Å². The summed E-state index contributed by atoms with van der Waals surface area (Å²) >= 11 is 2.86. The van der Waals surface area contributed by atoms with Gasteiger partial charge >= 0.3 is 0 Å². The van der Waals surface area contributed by atoms with Crippen molar-refractivity contribution in [1.82, 2.24) is 10.2 Å². The van der Waals surface area contributed by atoms with Gasteiger partial charge in [-0.25, -0.2) is 0 Å². The van der Waals surface area contributed by atoms with Crippen LogP contribution in [0, 0.1) is 6.92 Å². The molecule has 4 rings (SSSR count). The number of amides is 1. The van der Waals surface area contributed by atoms with Crippen LogP contribution in [0.2, 0.25) is 0 Å². The lowest BCUT2D eigenvalue weighted by molar-refractivity contribution is -0.116. The molecule has 1 amide bonds. The number of carbonyl (C=O) groups is 1. The summed E-state index contributed by atoms with van der Waals surface area (Å²) < 4.78 is 11.0. The van der Waals surface area contributed by atoms with E-state index in [2.05, 4.69) is 10.2 Å². The summed E-state index contributed by atoms with van der Waals surface area (Å²) in [6, 6.07) is 19.3. The van der Waals surface area contributed by atoms with Crippen LogP contribution < -0.4 is 9.64 Å². The Labute approximate surface area is 188 Å². The van der Waals surface area contributed by atoms with Crippen LogP contribution in [0.4, 0.5) is 5.69 Å². The molecule has 0 aliphatic heterocycles. The highest BCUT2D eigenvalue weighted by molar-refractivity contribution is 7.99. The van der Waals surface area contributed by atoms with Crippen molar-refractivity contribution >= 4 is 34.7 Å². The van der Waals surface area contributed by atoms with Gasteiger partial charge in [-0.1, -0.05) is 35.5 Å². The highest BCUT2D eigenvalue weighted by Crippen LogP contribution is 2.26. The summed E-state index contributed by atoms with van der Waals surface area (Å²) in [5.41, 5.74) is 2.83. The summed E-state index contributed by atoms with van der Waals surface area (Å²) in [4.78, 5) is 16.0. The second kappa shape index (κ2) is 9.80. The quantitative estimate of drug-likeness (QED) is 0.332. The Morgan fingerprint density at radius 3 is 2.55 bits per heavy atom. The number of methoxy groups -OCH3 is 1. The molecule has 2 heterocycles. The number of nitrogens with zero attached hydrogens (tertiary/aromatic N) is 3. The molecule has 8 heteroatoms. The number of thiophene rings is 1. The van der Waals surface area contributed by atoms with Crippen molar-refractivity contribution < 1.29 is 13.9 Å². The Bertz CT molecular complexity index is 1120. The van der Waals surface area contributed by atoms with Gasteiger partial charge in [0, 0.05) is 16.1 Å². The lowest BCUT2D eigenvalue weighted by Crippen LogP contribution is -2.31. The number of hydrogen-bond donors (Lipinski definition) is 0. The first-order valence-electron chi connectivity index (χ1n) is 9.62. The van der Waals surface area contributed by atoms with Gasteiger partial charge in [0.25, 0.3) is 5.22 Å². The fourth-order valence-corrected chi connectivity index (χ4v) is 4.26. The molecule has 31 heavy (non-hydrogen) atoms. The van der Waals surface area contributed by atoms with Crippen LogP contribution in [0.1, 0.15) is 10.4 Å². The zero-order valence-corrected chi connectivity index (χ0v) is 18.8. The molecule has 2 aromatic heterocycles. The zero-order chi connectivity index (χ0) is 21.6. The number of ether oxygens (including phenoxy) is 1. The molecule has 158 valence electrons. The molecule has 4 aromatic rings. The molecule has 0 radical (unpaired) electrons. The number of hydrogen-bond acceptors (Lipinski definition) is 7. The second-order valence-corrected chi connectivity index (χ2v) is 8.74. The first kappa shape index (κ1) is 21.1.